The van der Waals surface area contributed by atoms with Crippen molar-refractivity contribution in [2.24, 2.45) is 5.92 Å². The summed E-state index contributed by atoms with van der Waals surface area (Å²) in [6.07, 6.45) is -2.06. The maximum atomic E-state index is 13.3. The summed E-state index contributed by atoms with van der Waals surface area (Å²) in [5, 5.41) is 3.30. The van der Waals surface area contributed by atoms with Gasteiger partial charge in [-0.25, -0.2) is 9.78 Å². The van der Waals surface area contributed by atoms with Crippen LogP contribution in [0.4, 0.5) is 24.0 Å². The van der Waals surface area contributed by atoms with E-state index in [2.05, 4.69) is 10.3 Å². The summed E-state index contributed by atoms with van der Waals surface area (Å²) in [4.78, 5) is 30.6. The second kappa shape index (κ2) is 9.03. The van der Waals surface area contributed by atoms with Gasteiger partial charge in [0.25, 0.3) is 0 Å². The minimum atomic E-state index is -4.52. The van der Waals surface area contributed by atoms with Gasteiger partial charge in [0.05, 0.1) is 23.1 Å². The lowest BCUT2D eigenvalue weighted by atomic mass is 9.96. The third-order valence-corrected chi connectivity index (χ3v) is 5.94. The molecule has 0 bridgehead atoms. The predicted octanol–water partition coefficient (Wildman–Crippen LogP) is 4.50. The lowest BCUT2D eigenvalue weighted by Crippen LogP contribution is -2.41. The molecule has 1 N–H and O–H groups in total. The number of aryl methyl sites for hydroxylation is 1. The molecule has 6 nitrogen and oxygen atoms in total. The van der Waals surface area contributed by atoms with Crippen molar-refractivity contribution in [1.82, 2.24) is 4.98 Å². The highest BCUT2D eigenvalue weighted by molar-refractivity contribution is 7.18. The molecule has 1 aliphatic rings. The van der Waals surface area contributed by atoms with Crippen molar-refractivity contribution in [3.8, 4) is 0 Å². The first-order chi connectivity index (χ1) is 14.2. The van der Waals surface area contributed by atoms with E-state index in [0.29, 0.717) is 34.8 Å². The summed E-state index contributed by atoms with van der Waals surface area (Å²) >= 11 is 1.12. The Morgan fingerprint density at radius 2 is 2.17 bits per heavy atom. The number of thiophene rings is 1. The van der Waals surface area contributed by atoms with E-state index in [1.165, 1.54) is 17.2 Å². The Morgan fingerprint density at radius 1 is 1.40 bits per heavy atom. The normalized spacial score (nSPS) is 17.0. The summed E-state index contributed by atoms with van der Waals surface area (Å²) in [5.74, 6) is -1.38. The van der Waals surface area contributed by atoms with Gasteiger partial charge in [-0.05, 0) is 50.5 Å². The smallest absolute Gasteiger partial charge is 0.419 e. The molecule has 30 heavy (non-hydrogen) atoms. The summed E-state index contributed by atoms with van der Waals surface area (Å²) in [7, 11) is 0. The molecular weight excluding hydrogens is 419 g/mol. The van der Waals surface area contributed by atoms with Crippen LogP contribution >= 0.6 is 11.3 Å². The van der Waals surface area contributed by atoms with Crippen LogP contribution in [0, 0.1) is 12.8 Å². The number of carbonyl (C=O) groups is 2. The lowest BCUT2D eigenvalue weighted by Gasteiger charge is -2.34. The summed E-state index contributed by atoms with van der Waals surface area (Å²) in [6, 6.07) is 3.94. The number of piperidine rings is 1. The van der Waals surface area contributed by atoms with E-state index in [1.54, 1.807) is 19.9 Å². The zero-order chi connectivity index (χ0) is 21.9. The molecule has 3 heterocycles. The zero-order valence-corrected chi connectivity index (χ0v) is 17.4. The highest BCUT2D eigenvalue weighted by Crippen LogP contribution is 2.36. The zero-order valence-electron chi connectivity index (χ0n) is 16.6. The number of rotatable bonds is 5. The Hall–Kier alpha value is -2.62. The third kappa shape index (κ3) is 4.92. The van der Waals surface area contributed by atoms with E-state index >= 15 is 0 Å². The first kappa shape index (κ1) is 22.1. The first-order valence-corrected chi connectivity index (χ1v) is 10.4. The van der Waals surface area contributed by atoms with Crippen molar-refractivity contribution in [2.45, 2.75) is 32.9 Å². The molecule has 3 rings (SSSR count). The van der Waals surface area contributed by atoms with Crippen LogP contribution < -0.4 is 10.2 Å². The number of carbonyl (C=O) groups excluding carboxylic acids is 2. The number of aromatic nitrogens is 1. The van der Waals surface area contributed by atoms with Gasteiger partial charge in [-0.15, -0.1) is 11.3 Å². The van der Waals surface area contributed by atoms with Gasteiger partial charge in [-0.3, -0.25) is 4.79 Å². The highest BCUT2D eigenvalue weighted by Gasteiger charge is 2.37. The highest BCUT2D eigenvalue weighted by atomic mass is 32.1. The topological polar surface area (TPSA) is 71.5 Å². The number of halogens is 3. The van der Waals surface area contributed by atoms with Crippen LogP contribution in [0.1, 0.15) is 40.6 Å². The van der Waals surface area contributed by atoms with Gasteiger partial charge in [0, 0.05) is 19.3 Å². The molecule has 2 aromatic rings. The Kier molecular flexibility index (Phi) is 6.64. The molecular formula is C20H22F3N3O3S. The minimum Gasteiger partial charge on any atom is -0.462 e. The van der Waals surface area contributed by atoms with Crippen molar-refractivity contribution in [2.75, 3.05) is 29.9 Å². The maximum Gasteiger partial charge on any atom is 0.419 e. The number of hydrogen-bond donors (Lipinski definition) is 1. The van der Waals surface area contributed by atoms with E-state index in [4.69, 9.17) is 4.74 Å². The molecule has 162 valence electrons. The minimum absolute atomic E-state index is 0.140. The van der Waals surface area contributed by atoms with Gasteiger partial charge in [0.15, 0.2) is 0 Å². The van der Waals surface area contributed by atoms with E-state index in [0.717, 1.165) is 17.4 Å². The summed E-state index contributed by atoms with van der Waals surface area (Å²) in [5.41, 5.74) is -0.110. The fourth-order valence-electron chi connectivity index (χ4n) is 3.42. The number of amides is 1. The number of esters is 1. The number of anilines is 2. The number of nitrogens with one attached hydrogen (secondary N) is 1. The molecule has 0 saturated carbocycles. The number of pyridine rings is 1. The fraction of sp³-hybridized carbons (Fsp3) is 0.450. The van der Waals surface area contributed by atoms with Crippen molar-refractivity contribution >= 4 is 34.0 Å². The predicted molar refractivity (Wildman–Crippen MR) is 108 cm³/mol. The van der Waals surface area contributed by atoms with Gasteiger partial charge in [0.2, 0.25) is 5.91 Å². The van der Waals surface area contributed by atoms with E-state index in [1.807, 2.05) is 0 Å². The largest absolute Gasteiger partial charge is 0.462 e. The standard InChI is InChI=1S/C20H22F3N3O3S/c1-3-29-19(28)16-12(2)10-15(30-16)25-18(27)13-6-5-9-26(11-13)17-14(20(21,22)23)7-4-8-24-17/h4,7-8,10,13H,3,5-6,9,11H2,1-2H3,(H,25,27). The quantitative estimate of drug-likeness (QED) is 0.692. The van der Waals surface area contributed by atoms with Gasteiger partial charge >= 0.3 is 12.1 Å². The van der Waals surface area contributed by atoms with Gasteiger partial charge < -0.3 is 15.0 Å². The van der Waals surface area contributed by atoms with Crippen LogP contribution in [0.3, 0.4) is 0 Å². The molecule has 10 heteroatoms. The summed E-state index contributed by atoms with van der Waals surface area (Å²) < 4.78 is 45.0. The van der Waals surface area contributed by atoms with E-state index < -0.39 is 23.6 Å². The monoisotopic (exact) mass is 441 g/mol. The van der Waals surface area contributed by atoms with E-state index in [9.17, 15) is 22.8 Å². The molecule has 1 saturated heterocycles. The number of alkyl halides is 3. The average molecular weight is 441 g/mol. The van der Waals surface area contributed by atoms with Crippen LogP contribution in [0.2, 0.25) is 0 Å². The Balaban J connectivity index is 1.72. The van der Waals surface area contributed by atoms with Gasteiger partial charge in [0.1, 0.15) is 10.7 Å². The Bertz CT molecular complexity index is 930. The fourth-order valence-corrected chi connectivity index (χ4v) is 4.39. The number of ether oxygens (including phenoxy) is 1. The molecule has 0 aliphatic carbocycles. The number of nitrogens with zero attached hydrogens (tertiary/aromatic N) is 2. The van der Waals surface area contributed by atoms with Crippen molar-refractivity contribution in [1.29, 1.82) is 0 Å². The van der Waals surface area contributed by atoms with Crippen LogP contribution in [0.25, 0.3) is 0 Å². The summed E-state index contributed by atoms with van der Waals surface area (Å²) in [6.45, 7) is 4.25. The SMILES string of the molecule is CCOC(=O)c1sc(NC(=O)C2CCCN(c3ncccc3C(F)(F)F)C2)cc1C. The Labute approximate surface area is 176 Å². The van der Waals surface area contributed by atoms with Crippen LogP contribution in [-0.4, -0.2) is 36.6 Å². The lowest BCUT2D eigenvalue weighted by molar-refractivity contribution is -0.137. The maximum absolute atomic E-state index is 13.3. The first-order valence-electron chi connectivity index (χ1n) is 9.56. The van der Waals surface area contributed by atoms with Crippen molar-refractivity contribution < 1.29 is 27.5 Å². The molecule has 1 unspecified atom stereocenters. The van der Waals surface area contributed by atoms with Crippen LogP contribution in [0.5, 0.6) is 0 Å². The third-order valence-electron chi connectivity index (χ3n) is 4.81. The molecule has 1 aliphatic heterocycles. The van der Waals surface area contributed by atoms with Crippen LogP contribution in [0.15, 0.2) is 24.4 Å². The molecule has 0 aromatic carbocycles. The molecule has 0 spiro atoms. The number of hydrogen-bond acceptors (Lipinski definition) is 6. The molecule has 1 amide bonds. The van der Waals surface area contributed by atoms with Gasteiger partial charge in [-0.2, -0.15) is 13.2 Å². The second-order valence-corrected chi connectivity index (χ2v) is 8.04. The molecule has 2 aromatic heterocycles. The Morgan fingerprint density at radius 3 is 2.87 bits per heavy atom. The van der Waals surface area contributed by atoms with Crippen molar-refractivity contribution in [3.05, 3.63) is 40.4 Å². The average Bonchev–Trinajstić information content (AvgIpc) is 3.07. The van der Waals surface area contributed by atoms with Crippen LogP contribution in [-0.2, 0) is 15.7 Å². The molecule has 1 fully saturated rings. The van der Waals surface area contributed by atoms with Gasteiger partial charge in [-0.1, -0.05) is 0 Å². The van der Waals surface area contributed by atoms with E-state index in [-0.39, 0.29) is 24.9 Å². The molecule has 0 radical (unpaired) electrons. The second-order valence-electron chi connectivity index (χ2n) is 6.99. The molecule has 1 atom stereocenters. The van der Waals surface area contributed by atoms with Crippen molar-refractivity contribution in [3.63, 3.8) is 0 Å².